The first-order chi connectivity index (χ1) is 10.2. The van der Waals surface area contributed by atoms with Crippen LogP contribution in [0.1, 0.15) is 41.8 Å². The van der Waals surface area contributed by atoms with E-state index >= 15 is 0 Å². The molecule has 1 fully saturated rings. The molecule has 0 radical (unpaired) electrons. The molecule has 1 aliphatic carbocycles. The number of amidine groups is 1. The SMILES string of the molecule is COc1ccsc1C(=O)NC(/C(N)=N/O)C1CCCCC1. The first-order valence-electron chi connectivity index (χ1n) is 7.07. The van der Waals surface area contributed by atoms with E-state index < -0.39 is 6.04 Å². The highest BCUT2D eigenvalue weighted by Gasteiger charge is 2.29. The van der Waals surface area contributed by atoms with Crippen LogP contribution >= 0.6 is 11.3 Å². The van der Waals surface area contributed by atoms with Crippen molar-refractivity contribution >= 4 is 23.1 Å². The van der Waals surface area contributed by atoms with E-state index in [1.807, 2.05) is 0 Å². The predicted octanol–water partition coefficient (Wildman–Crippen LogP) is 2.18. The standard InChI is InChI=1S/C14H21N3O3S/c1-20-10-7-8-21-12(10)14(18)16-11(13(15)17-19)9-5-3-2-4-6-9/h7-9,11,19H,2-6H2,1H3,(H2,15,17)(H,16,18). The van der Waals surface area contributed by atoms with Crippen LogP contribution in [0.25, 0.3) is 0 Å². The van der Waals surface area contributed by atoms with Gasteiger partial charge in [0.25, 0.3) is 5.91 Å². The van der Waals surface area contributed by atoms with Gasteiger partial charge in [0.2, 0.25) is 0 Å². The zero-order chi connectivity index (χ0) is 15.2. The van der Waals surface area contributed by atoms with Gasteiger partial charge in [-0.3, -0.25) is 4.79 Å². The van der Waals surface area contributed by atoms with Gasteiger partial charge in [-0.1, -0.05) is 24.4 Å². The molecule has 0 saturated heterocycles. The summed E-state index contributed by atoms with van der Waals surface area (Å²) in [6.07, 6.45) is 5.37. The van der Waals surface area contributed by atoms with Gasteiger partial charge >= 0.3 is 0 Å². The average Bonchev–Trinajstić information content (AvgIpc) is 3.01. The molecule has 1 unspecified atom stereocenters. The third-order valence-electron chi connectivity index (χ3n) is 3.90. The number of nitrogens with zero attached hydrogens (tertiary/aromatic N) is 1. The predicted molar refractivity (Wildman–Crippen MR) is 82.1 cm³/mol. The Bertz CT molecular complexity index is 509. The number of thiophene rings is 1. The number of carbonyl (C=O) groups excluding carboxylic acids is 1. The van der Waals surface area contributed by atoms with Crippen LogP contribution in [0.4, 0.5) is 0 Å². The first-order valence-corrected chi connectivity index (χ1v) is 7.95. The van der Waals surface area contributed by atoms with Crippen LogP contribution in [0.2, 0.25) is 0 Å². The Hall–Kier alpha value is -1.76. The van der Waals surface area contributed by atoms with Crippen molar-refractivity contribution < 1.29 is 14.7 Å². The monoisotopic (exact) mass is 311 g/mol. The van der Waals surface area contributed by atoms with E-state index in [-0.39, 0.29) is 17.7 Å². The van der Waals surface area contributed by atoms with Crippen molar-refractivity contribution in [2.45, 2.75) is 38.1 Å². The Morgan fingerprint density at radius 3 is 2.86 bits per heavy atom. The molecule has 1 saturated carbocycles. The van der Waals surface area contributed by atoms with E-state index in [2.05, 4.69) is 10.5 Å². The van der Waals surface area contributed by atoms with Crippen molar-refractivity contribution in [3.05, 3.63) is 16.3 Å². The Morgan fingerprint density at radius 2 is 2.24 bits per heavy atom. The number of hydrogen-bond donors (Lipinski definition) is 3. The number of oxime groups is 1. The van der Waals surface area contributed by atoms with E-state index in [9.17, 15) is 4.79 Å². The maximum Gasteiger partial charge on any atom is 0.265 e. The molecular formula is C14H21N3O3S. The molecule has 1 heterocycles. The summed E-state index contributed by atoms with van der Waals surface area (Å²) in [7, 11) is 1.53. The maximum atomic E-state index is 12.4. The maximum absolute atomic E-state index is 12.4. The van der Waals surface area contributed by atoms with Crippen LogP contribution in [0.3, 0.4) is 0 Å². The van der Waals surface area contributed by atoms with Gasteiger partial charge in [-0.05, 0) is 30.2 Å². The van der Waals surface area contributed by atoms with Crippen molar-refractivity contribution in [1.29, 1.82) is 0 Å². The van der Waals surface area contributed by atoms with Crippen LogP contribution in [-0.2, 0) is 0 Å². The number of hydrogen-bond acceptors (Lipinski definition) is 5. The van der Waals surface area contributed by atoms with Gasteiger partial charge in [0, 0.05) is 0 Å². The van der Waals surface area contributed by atoms with Crippen LogP contribution in [0.5, 0.6) is 5.75 Å². The number of rotatable bonds is 5. The molecule has 1 aromatic rings. The van der Waals surface area contributed by atoms with Gasteiger partial charge in [-0.25, -0.2) is 0 Å². The lowest BCUT2D eigenvalue weighted by Crippen LogP contribution is -2.49. The molecule has 1 atom stereocenters. The van der Waals surface area contributed by atoms with E-state index in [1.54, 1.807) is 11.4 Å². The average molecular weight is 311 g/mol. The summed E-state index contributed by atoms with van der Waals surface area (Å²) < 4.78 is 5.16. The topological polar surface area (TPSA) is 96.9 Å². The van der Waals surface area contributed by atoms with E-state index in [4.69, 9.17) is 15.7 Å². The lowest BCUT2D eigenvalue weighted by Gasteiger charge is -2.29. The van der Waals surface area contributed by atoms with E-state index in [0.717, 1.165) is 25.7 Å². The summed E-state index contributed by atoms with van der Waals surface area (Å²) in [5.74, 6) is 0.568. The molecule has 1 aliphatic rings. The van der Waals surface area contributed by atoms with Crippen LogP contribution in [0.15, 0.2) is 16.6 Å². The minimum absolute atomic E-state index is 0.0609. The second-order valence-electron chi connectivity index (χ2n) is 5.19. The van der Waals surface area contributed by atoms with E-state index in [1.165, 1.54) is 24.9 Å². The van der Waals surface area contributed by atoms with Gasteiger partial charge in [-0.15, -0.1) is 11.3 Å². The quantitative estimate of drug-likeness (QED) is 0.336. The summed E-state index contributed by atoms with van der Waals surface area (Å²) >= 11 is 1.31. The molecule has 4 N–H and O–H groups in total. The van der Waals surface area contributed by atoms with Crippen LogP contribution in [-0.4, -0.2) is 30.1 Å². The van der Waals surface area contributed by atoms with Crippen LogP contribution < -0.4 is 15.8 Å². The highest BCUT2D eigenvalue weighted by Crippen LogP contribution is 2.28. The normalized spacial score (nSPS) is 18.2. The fourth-order valence-corrected chi connectivity index (χ4v) is 3.55. The number of nitrogens with two attached hydrogens (primary N) is 1. The second kappa shape index (κ2) is 7.31. The van der Waals surface area contributed by atoms with E-state index in [0.29, 0.717) is 10.6 Å². The fourth-order valence-electron chi connectivity index (χ4n) is 2.79. The molecule has 116 valence electrons. The third-order valence-corrected chi connectivity index (χ3v) is 4.79. The molecule has 6 nitrogen and oxygen atoms in total. The van der Waals surface area contributed by atoms with Crippen molar-refractivity contribution in [2.24, 2.45) is 16.8 Å². The highest BCUT2D eigenvalue weighted by atomic mass is 32.1. The zero-order valence-corrected chi connectivity index (χ0v) is 12.9. The molecule has 0 aliphatic heterocycles. The molecule has 0 bridgehead atoms. The van der Waals surface area contributed by atoms with Gasteiger partial charge in [0.05, 0.1) is 13.2 Å². The summed E-state index contributed by atoms with van der Waals surface area (Å²) in [5, 5.41) is 16.8. The second-order valence-corrected chi connectivity index (χ2v) is 6.11. The minimum Gasteiger partial charge on any atom is -0.495 e. The molecule has 1 amide bonds. The largest absolute Gasteiger partial charge is 0.495 e. The van der Waals surface area contributed by atoms with Crippen molar-refractivity contribution in [1.82, 2.24) is 5.32 Å². The van der Waals surface area contributed by atoms with Crippen molar-refractivity contribution in [3.8, 4) is 5.75 Å². The number of ether oxygens (including phenoxy) is 1. The smallest absolute Gasteiger partial charge is 0.265 e. The lowest BCUT2D eigenvalue weighted by molar-refractivity contribution is 0.0932. The van der Waals surface area contributed by atoms with Crippen molar-refractivity contribution in [3.63, 3.8) is 0 Å². The Labute approximate surface area is 128 Å². The Balaban J connectivity index is 2.13. The van der Waals surface area contributed by atoms with Gasteiger partial charge in [-0.2, -0.15) is 0 Å². The summed E-state index contributed by atoms with van der Waals surface area (Å²) in [6.45, 7) is 0. The van der Waals surface area contributed by atoms with Gasteiger partial charge in [0.1, 0.15) is 10.6 Å². The molecule has 1 aromatic heterocycles. The van der Waals surface area contributed by atoms with Gasteiger partial charge < -0.3 is 21.0 Å². The molecular weight excluding hydrogens is 290 g/mol. The molecule has 2 rings (SSSR count). The molecule has 21 heavy (non-hydrogen) atoms. The molecule has 7 heteroatoms. The number of methoxy groups -OCH3 is 1. The highest BCUT2D eigenvalue weighted by molar-refractivity contribution is 7.12. The Kier molecular flexibility index (Phi) is 5.44. The van der Waals surface area contributed by atoms with Crippen molar-refractivity contribution in [2.75, 3.05) is 7.11 Å². The molecule has 0 aromatic carbocycles. The summed E-state index contributed by atoms with van der Waals surface area (Å²) in [5.41, 5.74) is 5.78. The van der Waals surface area contributed by atoms with Gasteiger partial charge in [0.15, 0.2) is 5.84 Å². The zero-order valence-electron chi connectivity index (χ0n) is 12.0. The lowest BCUT2D eigenvalue weighted by atomic mass is 9.83. The number of amides is 1. The fraction of sp³-hybridized carbons (Fsp3) is 0.571. The molecule has 0 spiro atoms. The number of carbonyl (C=O) groups is 1. The third kappa shape index (κ3) is 3.66. The summed E-state index contributed by atoms with van der Waals surface area (Å²) in [6, 6.07) is 1.31. The Morgan fingerprint density at radius 1 is 1.52 bits per heavy atom. The number of nitrogens with one attached hydrogen (secondary N) is 1. The summed E-state index contributed by atoms with van der Waals surface area (Å²) in [4.78, 5) is 12.9. The first kappa shape index (κ1) is 15.6. The minimum atomic E-state index is -0.436. The van der Waals surface area contributed by atoms with Crippen LogP contribution in [0, 0.1) is 5.92 Å².